The summed E-state index contributed by atoms with van der Waals surface area (Å²) in [5.41, 5.74) is 6.31. The van der Waals surface area contributed by atoms with Gasteiger partial charge in [-0.2, -0.15) is 5.10 Å². The van der Waals surface area contributed by atoms with E-state index >= 15 is 0 Å². The molecule has 0 spiro atoms. The predicted octanol–water partition coefficient (Wildman–Crippen LogP) is 1.88. The van der Waals surface area contributed by atoms with Crippen molar-refractivity contribution in [3.8, 4) is 0 Å². The number of amides is 1. The second-order valence-corrected chi connectivity index (χ2v) is 6.06. The Labute approximate surface area is 152 Å². The fourth-order valence-electron chi connectivity index (χ4n) is 3.14. The van der Waals surface area contributed by atoms with Crippen molar-refractivity contribution in [3.05, 3.63) is 47.9 Å². The Bertz CT molecular complexity index is 724. The Balaban J connectivity index is 0.00000225. The van der Waals surface area contributed by atoms with E-state index in [1.54, 1.807) is 41.1 Å². The number of hydrogen-bond donors (Lipinski definition) is 1. The second-order valence-electron chi connectivity index (χ2n) is 6.06. The van der Waals surface area contributed by atoms with Gasteiger partial charge in [0.1, 0.15) is 11.6 Å². The molecule has 25 heavy (non-hydrogen) atoms. The zero-order chi connectivity index (χ0) is 17.1. The number of likely N-dealkylation sites (tertiary alicyclic amines) is 1. The van der Waals surface area contributed by atoms with Crippen molar-refractivity contribution in [3.63, 3.8) is 0 Å². The molecule has 2 heterocycles. The van der Waals surface area contributed by atoms with Crippen molar-refractivity contribution >= 4 is 24.1 Å². The maximum Gasteiger partial charge on any atom is 0.227 e. The van der Waals surface area contributed by atoms with Crippen molar-refractivity contribution in [2.75, 3.05) is 19.4 Å². The van der Waals surface area contributed by atoms with Crippen LogP contribution in [0.5, 0.6) is 0 Å². The van der Waals surface area contributed by atoms with Gasteiger partial charge in [0.15, 0.2) is 0 Å². The molecule has 0 unspecified atom stereocenters. The molecule has 0 aliphatic carbocycles. The number of ether oxygens (including phenoxy) is 1. The second kappa shape index (κ2) is 8.31. The van der Waals surface area contributed by atoms with Gasteiger partial charge in [0.2, 0.25) is 5.91 Å². The van der Waals surface area contributed by atoms with Crippen molar-refractivity contribution < 1.29 is 13.9 Å². The van der Waals surface area contributed by atoms with Gasteiger partial charge in [-0.3, -0.25) is 9.48 Å². The minimum Gasteiger partial charge on any atom is -0.382 e. The molecule has 1 aliphatic rings. The molecule has 2 atom stereocenters. The highest BCUT2D eigenvalue weighted by molar-refractivity contribution is 5.85. The van der Waals surface area contributed by atoms with Gasteiger partial charge in [-0.1, -0.05) is 12.1 Å². The van der Waals surface area contributed by atoms with E-state index in [4.69, 9.17) is 10.5 Å². The fourth-order valence-corrected chi connectivity index (χ4v) is 3.14. The smallest absolute Gasteiger partial charge is 0.227 e. The molecule has 3 rings (SSSR count). The van der Waals surface area contributed by atoms with Gasteiger partial charge >= 0.3 is 0 Å². The van der Waals surface area contributed by atoms with Crippen LogP contribution in [0.25, 0.3) is 0 Å². The summed E-state index contributed by atoms with van der Waals surface area (Å²) in [4.78, 5) is 14.5. The zero-order valence-corrected chi connectivity index (χ0v) is 14.8. The number of carbonyl (C=O) groups excluding carboxylic acids is 1. The highest BCUT2D eigenvalue weighted by Gasteiger charge is 2.35. The molecule has 0 bridgehead atoms. The molecular weight excluding hydrogens is 347 g/mol. The van der Waals surface area contributed by atoms with Crippen LogP contribution in [-0.2, 0) is 22.5 Å². The summed E-state index contributed by atoms with van der Waals surface area (Å²) >= 11 is 0. The van der Waals surface area contributed by atoms with Crippen LogP contribution in [0, 0.1) is 5.82 Å². The Kier molecular flexibility index (Phi) is 6.39. The van der Waals surface area contributed by atoms with Crippen LogP contribution in [0.1, 0.15) is 12.0 Å². The first-order valence-corrected chi connectivity index (χ1v) is 7.91. The van der Waals surface area contributed by atoms with Crippen molar-refractivity contribution in [2.45, 2.75) is 31.5 Å². The molecule has 1 aromatic carbocycles. The Morgan fingerprint density at radius 3 is 2.88 bits per heavy atom. The number of halogens is 2. The third kappa shape index (κ3) is 4.70. The molecule has 136 valence electrons. The molecule has 1 aliphatic heterocycles. The normalized spacial score (nSPS) is 19.7. The van der Waals surface area contributed by atoms with Crippen LogP contribution < -0.4 is 5.73 Å². The molecule has 8 heteroatoms. The van der Waals surface area contributed by atoms with E-state index in [1.807, 2.05) is 0 Å². The van der Waals surface area contributed by atoms with Crippen LogP contribution in [0.4, 0.5) is 10.2 Å². The Morgan fingerprint density at radius 1 is 1.44 bits per heavy atom. The first kappa shape index (κ1) is 19.2. The summed E-state index contributed by atoms with van der Waals surface area (Å²) in [6.45, 7) is 1.10. The molecule has 2 N–H and O–H groups in total. The molecule has 6 nitrogen and oxygen atoms in total. The number of nitrogens with two attached hydrogens (primary N) is 1. The van der Waals surface area contributed by atoms with Gasteiger partial charge in [-0.05, 0) is 30.2 Å². The number of nitrogen functional groups attached to an aromatic ring is 1. The van der Waals surface area contributed by atoms with Crippen molar-refractivity contribution in [1.29, 1.82) is 0 Å². The van der Waals surface area contributed by atoms with Gasteiger partial charge < -0.3 is 15.4 Å². The fraction of sp³-hybridized carbons (Fsp3) is 0.412. The lowest BCUT2D eigenvalue weighted by Gasteiger charge is -2.24. The number of anilines is 1. The molecule has 1 aromatic heterocycles. The third-order valence-electron chi connectivity index (χ3n) is 4.33. The molecule has 0 radical (unpaired) electrons. The molecule has 1 fully saturated rings. The van der Waals surface area contributed by atoms with Gasteiger partial charge in [-0.25, -0.2) is 4.39 Å². The van der Waals surface area contributed by atoms with Crippen LogP contribution >= 0.6 is 12.4 Å². The van der Waals surface area contributed by atoms with Crippen LogP contribution in [0.15, 0.2) is 36.5 Å². The summed E-state index contributed by atoms with van der Waals surface area (Å²) < 4.78 is 20.5. The van der Waals surface area contributed by atoms with E-state index in [-0.39, 0.29) is 42.7 Å². The van der Waals surface area contributed by atoms with Crippen LogP contribution in [0.2, 0.25) is 0 Å². The maximum absolute atomic E-state index is 13.3. The summed E-state index contributed by atoms with van der Waals surface area (Å²) in [7, 11) is 1.65. The minimum atomic E-state index is -0.333. The van der Waals surface area contributed by atoms with Gasteiger partial charge in [0.05, 0.1) is 25.1 Å². The lowest BCUT2D eigenvalue weighted by atomic mass is 10.1. The number of benzene rings is 1. The summed E-state index contributed by atoms with van der Waals surface area (Å²) in [6, 6.07) is 7.84. The predicted molar refractivity (Wildman–Crippen MR) is 94.9 cm³/mol. The SMILES string of the molecule is CO[C@H]1C[C@@H](Cn2ccc(N)n2)N(C(=O)Cc2cccc(F)c2)C1.Cl. The number of rotatable bonds is 5. The van der Waals surface area contributed by atoms with E-state index < -0.39 is 0 Å². The largest absolute Gasteiger partial charge is 0.382 e. The first-order chi connectivity index (χ1) is 11.5. The number of aromatic nitrogens is 2. The Hall–Kier alpha value is -2.12. The maximum atomic E-state index is 13.3. The van der Waals surface area contributed by atoms with Crippen LogP contribution in [-0.4, -0.2) is 46.4 Å². The average molecular weight is 369 g/mol. The van der Waals surface area contributed by atoms with Gasteiger partial charge in [-0.15, -0.1) is 12.4 Å². The molecular formula is C17H22ClFN4O2. The first-order valence-electron chi connectivity index (χ1n) is 7.91. The monoisotopic (exact) mass is 368 g/mol. The third-order valence-corrected chi connectivity index (χ3v) is 4.33. The zero-order valence-electron chi connectivity index (χ0n) is 14.0. The van der Waals surface area contributed by atoms with E-state index in [0.29, 0.717) is 24.5 Å². The molecule has 0 saturated carbocycles. The lowest BCUT2D eigenvalue weighted by Crippen LogP contribution is -2.39. The van der Waals surface area contributed by atoms with E-state index in [2.05, 4.69) is 5.10 Å². The summed E-state index contributed by atoms with van der Waals surface area (Å²) in [5, 5.41) is 4.18. The number of carbonyl (C=O) groups is 1. The number of methoxy groups -OCH3 is 1. The highest BCUT2D eigenvalue weighted by Crippen LogP contribution is 2.23. The topological polar surface area (TPSA) is 73.4 Å². The van der Waals surface area contributed by atoms with E-state index in [9.17, 15) is 9.18 Å². The van der Waals surface area contributed by atoms with Crippen LogP contribution in [0.3, 0.4) is 0 Å². The Morgan fingerprint density at radius 2 is 2.24 bits per heavy atom. The van der Waals surface area contributed by atoms with E-state index in [0.717, 1.165) is 6.42 Å². The molecule has 1 amide bonds. The average Bonchev–Trinajstić information content (AvgIpc) is 3.14. The quantitative estimate of drug-likeness (QED) is 0.874. The van der Waals surface area contributed by atoms with E-state index in [1.165, 1.54) is 12.1 Å². The van der Waals surface area contributed by atoms with Gasteiger partial charge in [0, 0.05) is 19.9 Å². The summed E-state index contributed by atoms with van der Waals surface area (Å²) in [6.07, 6.45) is 2.71. The lowest BCUT2D eigenvalue weighted by molar-refractivity contribution is -0.131. The minimum absolute atomic E-state index is 0. The number of nitrogens with zero attached hydrogens (tertiary/aromatic N) is 3. The standard InChI is InChI=1S/C17H21FN4O2.ClH/c1-24-15-9-14(10-21-6-5-16(19)20-21)22(11-15)17(23)8-12-3-2-4-13(18)7-12;/h2-7,14-15H,8-11H2,1H3,(H2,19,20);1H/t14-,15-;/m0./s1. The highest BCUT2D eigenvalue weighted by atomic mass is 35.5. The summed E-state index contributed by atoms with van der Waals surface area (Å²) in [5.74, 6) is 0.0826. The van der Waals surface area contributed by atoms with Gasteiger partial charge in [0.25, 0.3) is 0 Å². The number of hydrogen-bond acceptors (Lipinski definition) is 4. The molecule has 2 aromatic rings. The molecule has 1 saturated heterocycles. The van der Waals surface area contributed by atoms with Crippen molar-refractivity contribution in [2.24, 2.45) is 0 Å². The van der Waals surface area contributed by atoms with Crippen molar-refractivity contribution in [1.82, 2.24) is 14.7 Å².